The lowest BCUT2D eigenvalue weighted by Crippen LogP contribution is -2.15. The first-order valence-corrected chi connectivity index (χ1v) is 8.86. The molecule has 8 heteroatoms. The molecule has 7 nitrogen and oxygen atoms in total. The van der Waals surface area contributed by atoms with E-state index in [1.54, 1.807) is 18.3 Å². The van der Waals surface area contributed by atoms with Gasteiger partial charge in [0.2, 0.25) is 0 Å². The lowest BCUT2D eigenvalue weighted by Gasteiger charge is -2.04. The van der Waals surface area contributed by atoms with Crippen LogP contribution in [0.2, 0.25) is 0 Å². The first-order valence-electron chi connectivity index (χ1n) is 8.06. The molecule has 4 aromatic rings. The van der Waals surface area contributed by atoms with Gasteiger partial charge in [0, 0.05) is 29.5 Å². The second-order valence-corrected chi connectivity index (χ2v) is 6.49. The van der Waals surface area contributed by atoms with Gasteiger partial charge in [0.15, 0.2) is 5.65 Å². The molecule has 1 N–H and O–H groups in total. The van der Waals surface area contributed by atoms with Gasteiger partial charge in [0.1, 0.15) is 16.9 Å². The molecular formula is C19H13BrN4O3. The topological polar surface area (TPSA) is 89.3 Å². The molecule has 3 aromatic heterocycles. The molecule has 0 fully saturated rings. The van der Waals surface area contributed by atoms with Crippen LogP contribution in [-0.4, -0.2) is 25.6 Å². The van der Waals surface area contributed by atoms with E-state index in [2.05, 4.69) is 31.0 Å². The molecule has 0 aliphatic carbocycles. The maximum atomic E-state index is 12.4. The molecule has 0 spiro atoms. The molecular weight excluding hydrogens is 412 g/mol. The quantitative estimate of drug-likeness (QED) is 0.401. The predicted octanol–water partition coefficient (Wildman–Crippen LogP) is 3.20. The molecule has 0 amide bonds. The third-order valence-electron chi connectivity index (χ3n) is 3.93. The predicted molar refractivity (Wildman–Crippen MR) is 102 cm³/mol. The summed E-state index contributed by atoms with van der Waals surface area (Å²) >= 11 is 3.30. The number of carbonyl (C=O) groups is 1. The van der Waals surface area contributed by atoms with Crippen LogP contribution in [0.25, 0.3) is 16.9 Å². The summed E-state index contributed by atoms with van der Waals surface area (Å²) < 4.78 is 7.12. The number of carbonyl (C=O) groups excluding carboxylic acids is 1. The van der Waals surface area contributed by atoms with Crippen molar-refractivity contribution in [2.75, 3.05) is 0 Å². The van der Waals surface area contributed by atoms with Crippen LogP contribution >= 0.6 is 15.9 Å². The Morgan fingerprint density at radius 2 is 1.96 bits per heavy atom. The van der Waals surface area contributed by atoms with Crippen LogP contribution < -0.4 is 5.56 Å². The van der Waals surface area contributed by atoms with Crippen LogP contribution in [0.1, 0.15) is 16.1 Å². The minimum absolute atomic E-state index is 0.0558. The molecule has 27 heavy (non-hydrogen) atoms. The normalized spacial score (nSPS) is 10.9. The van der Waals surface area contributed by atoms with Gasteiger partial charge in [0.05, 0.1) is 5.69 Å². The molecule has 0 saturated heterocycles. The van der Waals surface area contributed by atoms with Gasteiger partial charge in [-0.15, -0.1) is 0 Å². The summed E-state index contributed by atoms with van der Waals surface area (Å²) in [4.78, 5) is 33.2. The molecule has 1 aromatic carbocycles. The number of H-pyrrole nitrogens is 1. The Bertz CT molecular complexity index is 1180. The Morgan fingerprint density at radius 1 is 1.15 bits per heavy atom. The number of benzene rings is 1. The maximum absolute atomic E-state index is 12.4. The number of rotatable bonds is 4. The second-order valence-electron chi connectivity index (χ2n) is 5.74. The van der Waals surface area contributed by atoms with Crippen molar-refractivity contribution < 1.29 is 9.53 Å². The number of pyridine rings is 1. The van der Waals surface area contributed by atoms with E-state index in [4.69, 9.17) is 4.74 Å². The highest BCUT2D eigenvalue weighted by molar-refractivity contribution is 9.10. The van der Waals surface area contributed by atoms with Gasteiger partial charge >= 0.3 is 5.97 Å². The monoisotopic (exact) mass is 424 g/mol. The lowest BCUT2D eigenvalue weighted by molar-refractivity contribution is 0.0464. The summed E-state index contributed by atoms with van der Waals surface area (Å²) in [6.07, 6.45) is 1.63. The van der Waals surface area contributed by atoms with Crippen LogP contribution in [0.15, 0.2) is 70.2 Å². The second kappa shape index (κ2) is 7.16. The highest BCUT2D eigenvalue weighted by Gasteiger charge is 2.15. The van der Waals surface area contributed by atoms with Crippen LogP contribution in [0.5, 0.6) is 0 Å². The van der Waals surface area contributed by atoms with Crippen molar-refractivity contribution in [2.45, 2.75) is 6.61 Å². The summed E-state index contributed by atoms with van der Waals surface area (Å²) in [5.74, 6) is -0.586. The molecule has 134 valence electrons. The standard InChI is InChI=1S/C19H13BrN4O3/c20-18-13(7-4-8-21-18)11-27-19(26)15-9-16-22-14(10-17(25)24(16)23-15)12-5-2-1-3-6-12/h1-10,23H,11H2. The molecule has 0 aliphatic heterocycles. The number of ether oxygens (including phenoxy) is 1. The fourth-order valence-electron chi connectivity index (χ4n) is 2.60. The molecule has 0 aliphatic rings. The summed E-state index contributed by atoms with van der Waals surface area (Å²) in [6.45, 7) is 0.0558. The van der Waals surface area contributed by atoms with Gasteiger partial charge in [-0.1, -0.05) is 36.4 Å². The van der Waals surface area contributed by atoms with E-state index in [0.717, 1.165) is 11.1 Å². The largest absolute Gasteiger partial charge is 0.456 e. The van der Waals surface area contributed by atoms with E-state index in [-0.39, 0.29) is 17.9 Å². The molecule has 3 heterocycles. The van der Waals surface area contributed by atoms with Crippen molar-refractivity contribution >= 4 is 27.5 Å². The van der Waals surface area contributed by atoms with E-state index in [1.807, 2.05) is 30.3 Å². The number of esters is 1. The third kappa shape index (κ3) is 3.52. The Labute approximate surface area is 161 Å². The minimum atomic E-state index is -0.586. The fourth-order valence-corrected chi connectivity index (χ4v) is 2.97. The summed E-state index contributed by atoms with van der Waals surface area (Å²) in [7, 11) is 0. The van der Waals surface area contributed by atoms with Gasteiger partial charge in [-0.2, -0.15) is 0 Å². The molecule has 0 atom stereocenters. The average molecular weight is 425 g/mol. The van der Waals surface area contributed by atoms with E-state index in [9.17, 15) is 9.59 Å². The smallest absolute Gasteiger partial charge is 0.356 e. The highest BCUT2D eigenvalue weighted by Crippen LogP contribution is 2.17. The van der Waals surface area contributed by atoms with E-state index in [1.165, 1.54) is 16.6 Å². The fraction of sp³-hybridized carbons (Fsp3) is 0.0526. The zero-order valence-corrected chi connectivity index (χ0v) is 15.5. The number of hydrogen-bond donors (Lipinski definition) is 1. The van der Waals surface area contributed by atoms with Crippen LogP contribution in [0.4, 0.5) is 0 Å². The summed E-state index contributed by atoms with van der Waals surface area (Å²) in [6, 6.07) is 15.8. The number of nitrogens with zero attached hydrogens (tertiary/aromatic N) is 3. The molecule has 0 bridgehead atoms. The SMILES string of the molecule is O=C(OCc1cccnc1Br)c1cc2nc(-c3ccccc3)cc(=O)n2[nH]1. The highest BCUT2D eigenvalue weighted by atomic mass is 79.9. The Morgan fingerprint density at radius 3 is 2.74 bits per heavy atom. The van der Waals surface area contributed by atoms with Gasteiger partial charge in [-0.25, -0.2) is 19.3 Å². The van der Waals surface area contributed by atoms with Crippen molar-refractivity contribution in [1.82, 2.24) is 19.6 Å². The Hall–Kier alpha value is -3.26. The number of aromatic amines is 1. The molecule has 0 saturated carbocycles. The molecule has 4 rings (SSSR count). The van der Waals surface area contributed by atoms with Crippen molar-refractivity contribution in [2.24, 2.45) is 0 Å². The summed E-state index contributed by atoms with van der Waals surface area (Å²) in [5, 5.41) is 2.73. The molecule has 0 radical (unpaired) electrons. The minimum Gasteiger partial charge on any atom is -0.456 e. The van der Waals surface area contributed by atoms with Gasteiger partial charge < -0.3 is 4.74 Å². The zero-order chi connectivity index (χ0) is 18.8. The van der Waals surface area contributed by atoms with Crippen molar-refractivity contribution in [3.63, 3.8) is 0 Å². The molecule has 0 unspecified atom stereocenters. The van der Waals surface area contributed by atoms with Crippen molar-refractivity contribution in [3.05, 3.63) is 87.0 Å². The third-order valence-corrected chi connectivity index (χ3v) is 4.65. The number of halogens is 1. The first kappa shape index (κ1) is 17.2. The number of fused-ring (bicyclic) bond motifs is 1. The zero-order valence-electron chi connectivity index (χ0n) is 13.9. The van der Waals surface area contributed by atoms with Gasteiger partial charge in [0.25, 0.3) is 5.56 Å². The average Bonchev–Trinajstić information content (AvgIpc) is 3.13. The number of nitrogens with one attached hydrogen (secondary N) is 1. The maximum Gasteiger partial charge on any atom is 0.356 e. The first-order chi connectivity index (χ1) is 13.1. The van der Waals surface area contributed by atoms with E-state index < -0.39 is 5.97 Å². The van der Waals surface area contributed by atoms with E-state index in [0.29, 0.717) is 15.9 Å². The van der Waals surface area contributed by atoms with Gasteiger partial charge in [-0.3, -0.25) is 9.89 Å². The summed E-state index contributed by atoms with van der Waals surface area (Å²) in [5.41, 5.74) is 2.28. The number of hydrogen-bond acceptors (Lipinski definition) is 5. The lowest BCUT2D eigenvalue weighted by atomic mass is 10.1. The van der Waals surface area contributed by atoms with Crippen molar-refractivity contribution in [3.8, 4) is 11.3 Å². The van der Waals surface area contributed by atoms with Crippen LogP contribution in [0.3, 0.4) is 0 Å². The van der Waals surface area contributed by atoms with Crippen molar-refractivity contribution in [1.29, 1.82) is 0 Å². The van der Waals surface area contributed by atoms with E-state index >= 15 is 0 Å². The Balaban J connectivity index is 1.61. The Kier molecular flexibility index (Phi) is 4.55. The number of aromatic nitrogens is 4. The van der Waals surface area contributed by atoms with Crippen LogP contribution in [0, 0.1) is 0 Å². The van der Waals surface area contributed by atoms with Gasteiger partial charge in [-0.05, 0) is 22.0 Å². The van der Waals surface area contributed by atoms with Crippen LogP contribution in [-0.2, 0) is 11.3 Å².